The summed E-state index contributed by atoms with van der Waals surface area (Å²) < 4.78 is 37.0. The number of esters is 1. The Morgan fingerprint density at radius 1 is 1.30 bits per heavy atom. The van der Waals surface area contributed by atoms with Gasteiger partial charge in [0.15, 0.2) is 6.23 Å². The summed E-state index contributed by atoms with van der Waals surface area (Å²) in [6.07, 6.45) is -2.85. The number of hydrogen-bond acceptors (Lipinski definition) is 10. The minimum absolute atomic E-state index is 0.159. The first kappa shape index (κ1) is 26.8. The van der Waals surface area contributed by atoms with E-state index in [4.69, 9.17) is 18.5 Å². The van der Waals surface area contributed by atoms with Gasteiger partial charge in [-0.3, -0.25) is 23.7 Å². The number of para-hydroxylation sites is 1. The van der Waals surface area contributed by atoms with Gasteiger partial charge in [0.05, 0.1) is 12.2 Å². The van der Waals surface area contributed by atoms with Gasteiger partial charge in [-0.2, -0.15) is 10.3 Å². The third-order valence-corrected chi connectivity index (χ3v) is 7.64. The summed E-state index contributed by atoms with van der Waals surface area (Å²) in [5, 5.41) is 23.6. The van der Waals surface area contributed by atoms with Crippen molar-refractivity contribution in [1.82, 2.24) is 14.6 Å². The predicted molar refractivity (Wildman–Crippen MR) is 127 cm³/mol. The highest BCUT2D eigenvalue weighted by Gasteiger charge is 2.79. The molecule has 1 saturated heterocycles. The predicted octanol–water partition coefficient (Wildman–Crippen LogP) is 1.13. The minimum atomic E-state index is -4.35. The Labute approximate surface area is 211 Å². The molecule has 1 aromatic carbocycles. The number of fused-ring (bicyclic) bond motifs is 1. The van der Waals surface area contributed by atoms with Crippen LogP contribution in [0.1, 0.15) is 32.6 Å². The number of benzene rings is 1. The van der Waals surface area contributed by atoms with Crippen LogP contribution in [0.25, 0.3) is 0 Å². The summed E-state index contributed by atoms with van der Waals surface area (Å²) in [5.41, 5.74) is -3.15. The fourth-order valence-corrected chi connectivity index (χ4v) is 5.82. The summed E-state index contributed by atoms with van der Waals surface area (Å²) in [4.78, 5) is 38.5. The van der Waals surface area contributed by atoms with Crippen LogP contribution in [0.2, 0.25) is 0 Å². The Morgan fingerprint density at radius 2 is 1.97 bits per heavy atom. The summed E-state index contributed by atoms with van der Waals surface area (Å²) in [6.45, 7) is 6.20. The van der Waals surface area contributed by atoms with Crippen LogP contribution in [0.5, 0.6) is 5.75 Å². The van der Waals surface area contributed by atoms with E-state index in [0.29, 0.717) is 0 Å². The van der Waals surface area contributed by atoms with Crippen molar-refractivity contribution in [3.8, 4) is 11.8 Å². The Kier molecular flexibility index (Phi) is 7.16. The number of nitriles is 1. The van der Waals surface area contributed by atoms with Crippen LogP contribution in [0, 0.1) is 24.2 Å². The zero-order valence-electron chi connectivity index (χ0n) is 20.5. The lowest BCUT2D eigenvalue weighted by atomic mass is 10.0. The van der Waals surface area contributed by atoms with Crippen molar-refractivity contribution in [1.29, 1.82) is 5.26 Å². The lowest BCUT2D eigenvalue weighted by Crippen LogP contribution is -2.40. The highest BCUT2D eigenvalue weighted by atomic mass is 31.2. The van der Waals surface area contributed by atoms with Gasteiger partial charge in [-0.05, 0) is 39.8 Å². The maximum Gasteiger partial charge on any atom is 0.459 e. The number of aryl methyl sites for hydroxylation is 1. The van der Waals surface area contributed by atoms with Crippen LogP contribution in [-0.2, 0) is 23.4 Å². The molecule has 2 fully saturated rings. The van der Waals surface area contributed by atoms with Gasteiger partial charge in [0, 0.05) is 11.8 Å². The van der Waals surface area contributed by atoms with Crippen molar-refractivity contribution < 1.29 is 33.0 Å². The van der Waals surface area contributed by atoms with E-state index in [0.717, 1.165) is 4.57 Å². The second-order valence-electron chi connectivity index (χ2n) is 9.18. The van der Waals surface area contributed by atoms with Gasteiger partial charge in [-0.1, -0.05) is 18.2 Å². The number of ether oxygens (including phenoxy) is 2. The molecule has 14 heteroatoms. The van der Waals surface area contributed by atoms with Crippen LogP contribution in [0.4, 0.5) is 0 Å². The molecule has 1 aliphatic carbocycles. The molecule has 1 aliphatic heterocycles. The quantitative estimate of drug-likeness (QED) is 0.310. The smallest absolute Gasteiger partial charge is 0.459 e. The topological polar surface area (TPSA) is 182 Å². The number of aromatic nitrogens is 2. The number of nitrogens with one attached hydrogen (secondary N) is 2. The van der Waals surface area contributed by atoms with Crippen LogP contribution >= 0.6 is 7.75 Å². The van der Waals surface area contributed by atoms with Crippen molar-refractivity contribution in [3.63, 3.8) is 0 Å². The number of H-pyrrole nitrogens is 1. The maximum atomic E-state index is 13.8. The van der Waals surface area contributed by atoms with Crippen LogP contribution < -0.4 is 20.9 Å². The van der Waals surface area contributed by atoms with Crippen molar-refractivity contribution in [2.45, 2.75) is 63.9 Å². The second-order valence-corrected chi connectivity index (χ2v) is 10.8. The molecular weight excluding hydrogens is 507 g/mol. The number of carbonyl (C=O) groups excluding carboxylic acids is 1. The van der Waals surface area contributed by atoms with E-state index in [9.17, 15) is 29.3 Å². The lowest BCUT2D eigenvalue weighted by Gasteiger charge is -2.27. The van der Waals surface area contributed by atoms with E-state index >= 15 is 0 Å². The fourth-order valence-electron chi connectivity index (χ4n) is 4.10. The van der Waals surface area contributed by atoms with Gasteiger partial charge in [0.1, 0.15) is 35.5 Å². The summed E-state index contributed by atoms with van der Waals surface area (Å²) in [6, 6.07) is 8.84. The number of carbonyl (C=O) groups is 1. The summed E-state index contributed by atoms with van der Waals surface area (Å²) in [7, 11) is -4.35. The Morgan fingerprint density at radius 3 is 2.59 bits per heavy atom. The molecule has 0 bridgehead atoms. The molecule has 2 aliphatic rings. The molecule has 2 unspecified atom stereocenters. The minimum Gasteiger partial charge on any atom is -0.462 e. The third kappa shape index (κ3) is 5.12. The highest BCUT2D eigenvalue weighted by molar-refractivity contribution is 7.52. The monoisotopic (exact) mass is 534 g/mol. The number of nitrogens with zero attached hydrogens (tertiary/aromatic N) is 2. The third-order valence-electron chi connectivity index (χ3n) is 5.98. The summed E-state index contributed by atoms with van der Waals surface area (Å²) in [5.74, 6) is -1.87. The zero-order chi connectivity index (χ0) is 27.1. The zero-order valence-corrected chi connectivity index (χ0v) is 21.4. The van der Waals surface area contributed by atoms with Crippen molar-refractivity contribution >= 4 is 13.7 Å². The van der Waals surface area contributed by atoms with Crippen molar-refractivity contribution in [2.75, 3.05) is 0 Å². The average molecular weight is 534 g/mol. The van der Waals surface area contributed by atoms with Gasteiger partial charge in [0.25, 0.3) is 5.56 Å². The Hall–Kier alpha value is -3.27. The van der Waals surface area contributed by atoms with E-state index in [2.05, 4.69) is 10.1 Å². The number of aromatic amines is 1. The van der Waals surface area contributed by atoms with Crippen LogP contribution in [0.15, 0.2) is 46.1 Å². The van der Waals surface area contributed by atoms with Gasteiger partial charge in [-0.25, -0.2) is 9.36 Å². The largest absolute Gasteiger partial charge is 0.462 e. The molecule has 198 valence electrons. The van der Waals surface area contributed by atoms with Gasteiger partial charge >= 0.3 is 19.4 Å². The molecule has 0 amide bonds. The standard InChI is InChI=1S/C23H27N4O9P/c1-12(2)33-21(29)14(4)26-37(32,35-15-8-6-5-7-9-15)36-18-17-23(18,31)16(10-24)20(34-17)27-11-13(3)19(28)25-22(27)30/h5-9,11-12,14,16-18,20,31H,1-4H3,(H,26,32)(H,25,28,30)/t14-,16+,17-,18?,20-,23+,37?/m1/s1. The molecule has 3 N–H and O–H groups in total. The Balaban J connectivity index is 1.58. The first-order valence-electron chi connectivity index (χ1n) is 11.5. The lowest BCUT2D eigenvalue weighted by molar-refractivity contribution is -0.149. The van der Waals surface area contributed by atoms with Crippen LogP contribution in [-0.4, -0.2) is 50.6 Å². The van der Waals surface area contributed by atoms with E-state index in [1.165, 1.54) is 32.2 Å². The average Bonchev–Trinajstić information content (AvgIpc) is 3.22. The number of aliphatic hydroxyl groups is 1. The van der Waals surface area contributed by atoms with E-state index < -0.39 is 67.1 Å². The molecular formula is C23H27N4O9P. The molecule has 13 nitrogen and oxygen atoms in total. The van der Waals surface area contributed by atoms with Crippen molar-refractivity contribution in [2.24, 2.45) is 5.92 Å². The molecule has 1 saturated carbocycles. The van der Waals surface area contributed by atoms with E-state index in [-0.39, 0.29) is 11.3 Å². The molecule has 7 atom stereocenters. The first-order valence-corrected chi connectivity index (χ1v) is 13.0. The van der Waals surface area contributed by atoms with Gasteiger partial charge in [-0.15, -0.1) is 0 Å². The fraction of sp³-hybridized carbons (Fsp3) is 0.478. The SMILES string of the molecule is Cc1cn([C@@H]2O[C@@H]3C(OP(=O)(N[C@H](C)C(=O)OC(C)C)Oc4ccccc4)[C@]3(O)[C@H]2C#N)c(=O)[nH]c1=O. The van der Waals surface area contributed by atoms with E-state index in [1.54, 1.807) is 32.0 Å². The normalized spacial score (nSPS) is 28.6. The van der Waals surface area contributed by atoms with Crippen molar-refractivity contribution in [3.05, 3.63) is 62.9 Å². The van der Waals surface area contributed by atoms with E-state index in [1.807, 2.05) is 6.07 Å². The first-order chi connectivity index (χ1) is 17.4. The van der Waals surface area contributed by atoms with Gasteiger partial charge in [0.2, 0.25) is 0 Å². The maximum absolute atomic E-state index is 13.8. The van der Waals surface area contributed by atoms with Gasteiger partial charge < -0.3 is 19.1 Å². The molecule has 37 heavy (non-hydrogen) atoms. The summed E-state index contributed by atoms with van der Waals surface area (Å²) >= 11 is 0. The second kappa shape index (κ2) is 9.89. The molecule has 0 radical (unpaired) electrons. The molecule has 2 aromatic rings. The van der Waals surface area contributed by atoms with Crippen LogP contribution in [0.3, 0.4) is 0 Å². The molecule has 0 spiro atoms. The molecule has 2 heterocycles. The Bertz CT molecular complexity index is 1390. The number of hydrogen-bond donors (Lipinski definition) is 3. The molecule has 4 rings (SSSR count). The number of rotatable bonds is 9. The highest BCUT2D eigenvalue weighted by Crippen LogP contribution is 2.63. The molecule has 1 aromatic heterocycles.